The van der Waals surface area contributed by atoms with Crippen LogP contribution in [0.25, 0.3) is 11.3 Å². The number of amides is 1. The molecule has 0 saturated carbocycles. The van der Waals surface area contributed by atoms with E-state index in [2.05, 4.69) is 71.0 Å². The molecule has 1 amide bonds. The lowest BCUT2D eigenvalue weighted by molar-refractivity contribution is 0.0987. The lowest BCUT2D eigenvalue weighted by atomic mass is 9.86. The number of nitrogens with zero attached hydrogens (tertiary/aromatic N) is 2. The second-order valence-corrected chi connectivity index (χ2v) is 9.00. The van der Waals surface area contributed by atoms with Gasteiger partial charge in [-0.2, -0.15) is 0 Å². The summed E-state index contributed by atoms with van der Waals surface area (Å²) >= 11 is 1.52. The number of thiazole rings is 1. The third-order valence-corrected chi connectivity index (χ3v) is 5.62. The second kappa shape index (κ2) is 8.27. The minimum atomic E-state index is 0.00659. The van der Waals surface area contributed by atoms with E-state index < -0.39 is 0 Å². The Morgan fingerprint density at radius 2 is 1.68 bits per heavy atom. The Labute approximate surface area is 172 Å². The summed E-state index contributed by atoms with van der Waals surface area (Å²) in [7, 11) is 0. The van der Waals surface area contributed by atoms with Gasteiger partial charge < -0.3 is 0 Å². The van der Waals surface area contributed by atoms with Gasteiger partial charge in [0.1, 0.15) is 0 Å². The first-order valence-corrected chi connectivity index (χ1v) is 10.6. The minimum Gasteiger partial charge on any atom is -0.284 e. The fraction of sp³-hybridized carbons (Fsp3) is 0.333. The van der Waals surface area contributed by atoms with Gasteiger partial charge in [-0.3, -0.25) is 9.69 Å². The quantitative estimate of drug-likeness (QED) is 0.498. The Kier molecular flexibility index (Phi) is 5.99. The average Bonchev–Trinajstić information content (AvgIpc) is 3.15. The van der Waals surface area contributed by atoms with E-state index in [0.29, 0.717) is 12.1 Å². The van der Waals surface area contributed by atoms with Crippen molar-refractivity contribution < 1.29 is 4.79 Å². The normalized spacial score (nSPS) is 11.5. The van der Waals surface area contributed by atoms with E-state index in [1.165, 1.54) is 22.5 Å². The zero-order valence-corrected chi connectivity index (χ0v) is 18.1. The van der Waals surface area contributed by atoms with Crippen LogP contribution in [0.15, 0.2) is 53.9 Å². The molecule has 28 heavy (non-hydrogen) atoms. The molecule has 0 N–H and O–H groups in total. The summed E-state index contributed by atoms with van der Waals surface area (Å²) in [6, 6.07) is 16.3. The highest BCUT2D eigenvalue weighted by atomic mass is 32.1. The van der Waals surface area contributed by atoms with E-state index >= 15 is 0 Å². The van der Waals surface area contributed by atoms with Gasteiger partial charge in [0.05, 0.1) is 5.69 Å². The van der Waals surface area contributed by atoms with Crippen molar-refractivity contribution in [2.45, 2.75) is 46.5 Å². The van der Waals surface area contributed by atoms with Crippen molar-refractivity contribution in [1.29, 1.82) is 0 Å². The molecule has 1 aromatic heterocycles. The fourth-order valence-corrected chi connectivity index (χ4v) is 3.88. The Morgan fingerprint density at radius 3 is 2.25 bits per heavy atom. The molecule has 0 aliphatic heterocycles. The van der Waals surface area contributed by atoms with Crippen molar-refractivity contribution in [2.24, 2.45) is 0 Å². The monoisotopic (exact) mass is 392 g/mol. The van der Waals surface area contributed by atoms with Crippen molar-refractivity contribution in [3.05, 3.63) is 70.6 Å². The van der Waals surface area contributed by atoms with Gasteiger partial charge in [0.15, 0.2) is 5.13 Å². The molecule has 0 unspecified atom stereocenters. The molecule has 3 rings (SSSR count). The number of aryl methyl sites for hydroxylation is 1. The van der Waals surface area contributed by atoms with Crippen LogP contribution in [-0.4, -0.2) is 17.4 Å². The molecule has 1 heterocycles. The van der Waals surface area contributed by atoms with Gasteiger partial charge in [0.2, 0.25) is 0 Å². The molecule has 0 radical (unpaired) electrons. The van der Waals surface area contributed by atoms with E-state index in [4.69, 9.17) is 4.98 Å². The predicted molar refractivity (Wildman–Crippen MR) is 119 cm³/mol. The van der Waals surface area contributed by atoms with Gasteiger partial charge in [0, 0.05) is 23.1 Å². The number of carbonyl (C=O) groups is 1. The van der Waals surface area contributed by atoms with E-state index in [0.717, 1.165) is 22.8 Å². The SMILES string of the molecule is CCCN(C(=O)c1ccc(C(C)(C)C)cc1)c1nc(-c2ccc(C)cc2)cs1. The third kappa shape index (κ3) is 4.50. The summed E-state index contributed by atoms with van der Waals surface area (Å²) in [6.45, 7) is 11.3. The maximum atomic E-state index is 13.2. The van der Waals surface area contributed by atoms with Crippen molar-refractivity contribution in [2.75, 3.05) is 11.4 Å². The zero-order valence-electron chi connectivity index (χ0n) is 17.3. The lowest BCUT2D eigenvalue weighted by Gasteiger charge is -2.21. The molecule has 0 spiro atoms. The molecular formula is C24H28N2OS. The van der Waals surface area contributed by atoms with Gasteiger partial charge in [-0.05, 0) is 36.5 Å². The predicted octanol–water partition coefficient (Wildman–Crippen LogP) is 6.47. The van der Waals surface area contributed by atoms with Crippen molar-refractivity contribution in [3.8, 4) is 11.3 Å². The van der Waals surface area contributed by atoms with Crippen LogP contribution in [0.5, 0.6) is 0 Å². The maximum Gasteiger partial charge on any atom is 0.260 e. The van der Waals surface area contributed by atoms with E-state index in [9.17, 15) is 4.79 Å². The van der Waals surface area contributed by atoms with Crippen LogP contribution < -0.4 is 4.90 Å². The number of aromatic nitrogens is 1. The van der Waals surface area contributed by atoms with E-state index in [-0.39, 0.29) is 11.3 Å². The second-order valence-electron chi connectivity index (χ2n) is 8.17. The van der Waals surface area contributed by atoms with Crippen LogP contribution in [0, 0.1) is 6.92 Å². The summed E-state index contributed by atoms with van der Waals surface area (Å²) in [6.07, 6.45) is 0.880. The van der Waals surface area contributed by atoms with Gasteiger partial charge in [-0.15, -0.1) is 11.3 Å². The molecule has 0 bridgehead atoms. The van der Waals surface area contributed by atoms with Crippen LogP contribution in [0.3, 0.4) is 0 Å². The number of benzene rings is 2. The summed E-state index contributed by atoms with van der Waals surface area (Å²) in [5.74, 6) is 0.00659. The number of rotatable bonds is 5. The van der Waals surface area contributed by atoms with Crippen LogP contribution >= 0.6 is 11.3 Å². The molecule has 3 aromatic rings. The summed E-state index contributed by atoms with van der Waals surface area (Å²) in [4.78, 5) is 19.7. The molecule has 0 atom stereocenters. The van der Waals surface area contributed by atoms with Crippen LogP contribution in [0.1, 0.15) is 55.6 Å². The molecule has 0 fully saturated rings. The number of anilines is 1. The topological polar surface area (TPSA) is 33.2 Å². The van der Waals surface area contributed by atoms with Gasteiger partial charge in [-0.25, -0.2) is 4.98 Å². The lowest BCUT2D eigenvalue weighted by Crippen LogP contribution is -2.31. The molecule has 146 valence electrons. The number of hydrogen-bond acceptors (Lipinski definition) is 3. The molecule has 0 aliphatic rings. The highest BCUT2D eigenvalue weighted by molar-refractivity contribution is 7.14. The zero-order chi connectivity index (χ0) is 20.3. The van der Waals surface area contributed by atoms with E-state index in [1.807, 2.05) is 17.5 Å². The van der Waals surface area contributed by atoms with Crippen molar-refractivity contribution >= 4 is 22.4 Å². The van der Waals surface area contributed by atoms with Gasteiger partial charge in [-0.1, -0.05) is 69.7 Å². The van der Waals surface area contributed by atoms with E-state index in [1.54, 1.807) is 4.90 Å². The summed E-state index contributed by atoms with van der Waals surface area (Å²) in [5.41, 5.74) is 5.21. The minimum absolute atomic E-state index is 0.00659. The Balaban J connectivity index is 1.87. The molecule has 3 nitrogen and oxygen atoms in total. The first kappa shape index (κ1) is 20.3. The molecule has 0 saturated heterocycles. The van der Waals surface area contributed by atoms with Gasteiger partial charge >= 0.3 is 0 Å². The third-order valence-electron chi connectivity index (χ3n) is 4.76. The highest BCUT2D eigenvalue weighted by Crippen LogP contribution is 2.29. The maximum absolute atomic E-state index is 13.2. The number of hydrogen-bond donors (Lipinski definition) is 0. The van der Waals surface area contributed by atoms with Crippen molar-refractivity contribution in [1.82, 2.24) is 4.98 Å². The molecule has 2 aromatic carbocycles. The highest BCUT2D eigenvalue weighted by Gasteiger charge is 2.21. The van der Waals surface area contributed by atoms with Crippen LogP contribution in [0.2, 0.25) is 0 Å². The molecule has 4 heteroatoms. The van der Waals surface area contributed by atoms with Gasteiger partial charge in [0.25, 0.3) is 5.91 Å². The average molecular weight is 393 g/mol. The Morgan fingerprint density at radius 1 is 1.04 bits per heavy atom. The molecule has 0 aliphatic carbocycles. The fourth-order valence-electron chi connectivity index (χ4n) is 3.02. The Hall–Kier alpha value is -2.46. The van der Waals surface area contributed by atoms with Crippen molar-refractivity contribution in [3.63, 3.8) is 0 Å². The standard InChI is InChI=1S/C24H28N2OS/c1-6-15-26(22(27)19-11-13-20(14-12-19)24(3,4)5)23-25-21(16-28-23)18-9-7-17(2)8-10-18/h7-14,16H,6,15H2,1-5H3. The molecular weight excluding hydrogens is 364 g/mol. The largest absolute Gasteiger partial charge is 0.284 e. The number of carbonyl (C=O) groups excluding carboxylic acids is 1. The van der Waals surface area contributed by atoms with Crippen LogP contribution in [-0.2, 0) is 5.41 Å². The summed E-state index contributed by atoms with van der Waals surface area (Å²) < 4.78 is 0. The first-order valence-electron chi connectivity index (χ1n) is 9.74. The first-order chi connectivity index (χ1) is 13.3. The Bertz CT molecular complexity index is 934. The summed E-state index contributed by atoms with van der Waals surface area (Å²) in [5, 5.41) is 2.78. The van der Waals surface area contributed by atoms with Crippen LogP contribution in [0.4, 0.5) is 5.13 Å². The smallest absolute Gasteiger partial charge is 0.260 e.